The van der Waals surface area contributed by atoms with Gasteiger partial charge in [-0.1, -0.05) is 27.1 Å². The van der Waals surface area contributed by atoms with Crippen LogP contribution in [-0.2, 0) is 0 Å². The normalized spacial score (nSPS) is 20.1. The lowest BCUT2D eigenvalue weighted by atomic mass is 10.0. The summed E-state index contributed by atoms with van der Waals surface area (Å²) in [6.45, 7) is 4.36. The van der Waals surface area contributed by atoms with Gasteiger partial charge in [0.1, 0.15) is 0 Å². The second-order valence-corrected chi connectivity index (χ2v) is 3.57. The van der Waals surface area contributed by atoms with E-state index in [9.17, 15) is 0 Å². The van der Waals surface area contributed by atoms with E-state index in [0.717, 1.165) is 0 Å². The average Bonchev–Trinajstić information content (AvgIpc) is 1.80. The molecule has 0 fully saturated rings. The van der Waals surface area contributed by atoms with Gasteiger partial charge in [0.15, 0.2) is 0 Å². The van der Waals surface area contributed by atoms with Crippen molar-refractivity contribution in [1.82, 2.24) is 0 Å². The third-order valence-corrected chi connectivity index (χ3v) is 2.41. The van der Waals surface area contributed by atoms with Crippen LogP contribution < -0.4 is 0 Å². The SMILES string of the molecule is CC1=C(C)CCC(Br)=C1. The summed E-state index contributed by atoms with van der Waals surface area (Å²) in [7, 11) is 0. The Morgan fingerprint density at radius 2 is 2.00 bits per heavy atom. The molecule has 0 bridgehead atoms. The fourth-order valence-corrected chi connectivity index (χ4v) is 1.48. The second-order valence-electron chi connectivity index (χ2n) is 2.55. The van der Waals surface area contributed by atoms with E-state index in [1.165, 1.54) is 28.5 Å². The van der Waals surface area contributed by atoms with Gasteiger partial charge >= 0.3 is 0 Å². The molecular formula is C8H11Br. The Balaban J connectivity index is 2.83. The highest BCUT2D eigenvalue weighted by atomic mass is 79.9. The van der Waals surface area contributed by atoms with Crippen LogP contribution in [0.2, 0.25) is 0 Å². The number of rotatable bonds is 0. The van der Waals surface area contributed by atoms with Gasteiger partial charge in [-0.2, -0.15) is 0 Å². The molecule has 0 saturated carbocycles. The first kappa shape index (κ1) is 7.07. The van der Waals surface area contributed by atoms with Crippen LogP contribution in [0.15, 0.2) is 21.7 Å². The van der Waals surface area contributed by atoms with Crippen molar-refractivity contribution in [3.05, 3.63) is 21.7 Å². The first-order valence-corrected chi connectivity index (χ1v) is 4.02. The lowest BCUT2D eigenvalue weighted by Gasteiger charge is -2.10. The molecule has 0 radical (unpaired) electrons. The Labute approximate surface area is 64.8 Å². The molecule has 0 aromatic rings. The molecule has 0 heterocycles. The lowest BCUT2D eigenvalue weighted by Crippen LogP contribution is -1.89. The average molecular weight is 187 g/mol. The van der Waals surface area contributed by atoms with E-state index in [4.69, 9.17) is 0 Å². The van der Waals surface area contributed by atoms with Gasteiger partial charge in [0.25, 0.3) is 0 Å². The zero-order chi connectivity index (χ0) is 6.85. The van der Waals surface area contributed by atoms with E-state index in [1.54, 1.807) is 0 Å². The van der Waals surface area contributed by atoms with Gasteiger partial charge in [-0.3, -0.25) is 0 Å². The Bertz CT molecular complexity index is 175. The number of allylic oxidation sites excluding steroid dienone is 4. The third kappa shape index (κ3) is 1.68. The summed E-state index contributed by atoms with van der Waals surface area (Å²) in [4.78, 5) is 0. The van der Waals surface area contributed by atoms with Gasteiger partial charge in [-0.05, 0) is 37.2 Å². The molecular weight excluding hydrogens is 176 g/mol. The van der Waals surface area contributed by atoms with Crippen LogP contribution >= 0.6 is 15.9 Å². The monoisotopic (exact) mass is 186 g/mol. The largest absolute Gasteiger partial charge is 0.0700 e. The van der Waals surface area contributed by atoms with E-state index >= 15 is 0 Å². The topological polar surface area (TPSA) is 0 Å². The van der Waals surface area contributed by atoms with Crippen molar-refractivity contribution in [3.8, 4) is 0 Å². The van der Waals surface area contributed by atoms with Crippen molar-refractivity contribution >= 4 is 15.9 Å². The van der Waals surface area contributed by atoms with Crippen LogP contribution in [0.25, 0.3) is 0 Å². The quantitative estimate of drug-likeness (QED) is 0.545. The van der Waals surface area contributed by atoms with Gasteiger partial charge in [-0.25, -0.2) is 0 Å². The number of hydrogen-bond donors (Lipinski definition) is 0. The second kappa shape index (κ2) is 2.70. The van der Waals surface area contributed by atoms with Crippen molar-refractivity contribution in [2.45, 2.75) is 26.7 Å². The Morgan fingerprint density at radius 3 is 2.44 bits per heavy atom. The molecule has 50 valence electrons. The minimum Gasteiger partial charge on any atom is -0.0700 e. The zero-order valence-electron chi connectivity index (χ0n) is 5.87. The summed E-state index contributed by atoms with van der Waals surface area (Å²) in [5, 5.41) is 0. The molecule has 0 aliphatic heterocycles. The van der Waals surface area contributed by atoms with Gasteiger partial charge in [-0.15, -0.1) is 0 Å². The summed E-state index contributed by atoms with van der Waals surface area (Å²) in [6.07, 6.45) is 4.62. The summed E-state index contributed by atoms with van der Waals surface area (Å²) >= 11 is 3.48. The van der Waals surface area contributed by atoms with Gasteiger partial charge in [0.2, 0.25) is 0 Å². The minimum absolute atomic E-state index is 1.18. The minimum atomic E-state index is 1.18. The molecule has 1 heteroatoms. The van der Waals surface area contributed by atoms with Crippen molar-refractivity contribution < 1.29 is 0 Å². The predicted molar refractivity (Wildman–Crippen MR) is 44.6 cm³/mol. The first-order chi connectivity index (χ1) is 4.20. The fraction of sp³-hybridized carbons (Fsp3) is 0.500. The van der Waals surface area contributed by atoms with Crippen molar-refractivity contribution in [1.29, 1.82) is 0 Å². The van der Waals surface area contributed by atoms with E-state index in [0.29, 0.717) is 0 Å². The van der Waals surface area contributed by atoms with Gasteiger partial charge in [0.05, 0.1) is 0 Å². The Hall–Kier alpha value is -0.0400. The van der Waals surface area contributed by atoms with E-state index in [-0.39, 0.29) is 0 Å². The molecule has 0 unspecified atom stereocenters. The molecule has 0 spiro atoms. The summed E-state index contributed by atoms with van der Waals surface area (Å²) < 4.78 is 1.34. The Kier molecular flexibility index (Phi) is 2.12. The maximum atomic E-state index is 3.48. The molecule has 9 heavy (non-hydrogen) atoms. The van der Waals surface area contributed by atoms with Crippen LogP contribution in [0.1, 0.15) is 26.7 Å². The maximum Gasteiger partial charge on any atom is -0.00436 e. The molecule has 0 saturated heterocycles. The fourth-order valence-electron chi connectivity index (χ4n) is 0.934. The van der Waals surface area contributed by atoms with Gasteiger partial charge in [0, 0.05) is 0 Å². The number of halogens is 1. The molecule has 1 rings (SSSR count). The van der Waals surface area contributed by atoms with Crippen LogP contribution in [-0.4, -0.2) is 0 Å². The van der Waals surface area contributed by atoms with Gasteiger partial charge < -0.3 is 0 Å². The molecule has 0 aromatic carbocycles. The lowest BCUT2D eigenvalue weighted by molar-refractivity contribution is 0.931. The summed E-state index contributed by atoms with van der Waals surface area (Å²) in [5.41, 5.74) is 2.95. The molecule has 0 nitrogen and oxygen atoms in total. The van der Waals surface area contributed by atoms with Crippen molar-refractivity contribution in [2.75, 3.05) is 0 Å². The van der Waals surface area contributed by atoms with Crippen LogP contribution in [0.4, 0.5) is 0 Å². The van der Waals surface area contributed by atoms with E-state index < -0.39 is 0 Å². The van der Waals surface area contributed by atoms with Crippen LogP contribution in [0.3, 0.4) is 0 Å². The molecule has 0 amide bonds. The smallest absolute Gasteiger partial charge is 0.00436 e. The predicted octanol–water partition coefficient (Wildman–Crippen LogP) is 3.40. The highest BCUT2D eigenvalue weighted by Gasteiger charge is 2.03. The molecule has 0 atom stereocenters. The zero-order valence-corrected chi connectivity index (χ0v) is 7.46. The van der Waals surface area contributed by atoms with Crippen LogP contribution in [0, 0.1) is 0 Å². The van der Waals surface area contributed by atoms with E-state index in [2.05, 4.69) is 35.9 Å². The van der Waals surface area contributed by atoms with Crippen LogP contribution in [0.5, 0.6) is 0 Å². The van der Waals surface area contributed by atoms with E-state index in [1.807, 2.05) is 0 Å². The number of hydrogen-bond acceptors (Lipinski definition) is 0. The standard InChI is InChI=1S/C8H11Br/c1-6-3-4-8(9)5-7(6)2/h5H,3-4H2,1-2H3. The highest BCUT2D eigenvalue weighted by molar-refractivity contribution is 9.11. The van der Waals surface area contributed by atoms with Crippen molar-refractivity contribution in [3.63, 3.8) is 0 Å². The summed E-state index contributed by atoms with van der Waals surface area (Å²) in [5.74, 6) is 0. The highest BCUT2D eigenvalue weighted by Crippen LogP contribution is 2.26. The molecule has 1 aliphatic rings. The molecule has 0 N–H and O–H groups in total. The molecule has 0 aromatic heterocycles. The first-order valence-electron chi connectivity index (χ1n) is 3.22. The van der Waals surface area contributed by atoms with Crippen molar-refractivity contribution in [2.24, 2.45) is 0 Å². The summed E-state index contributed by atoms with van der Waals surface area (Å²) in [6, 6.07) is 0. The third-order valence-electron chi connectivity index (χ3n) is 1.79. The Morgan fingerprint density at radius 1 is 1.33 bits per heavy atom. The maximum absolute atomic E-state index is 3.48. The molecule has 1 aliphatic carbocycles.